The summed E-state index contributed by atoms with van der Waals surface area (Å²) < 4.78 is 1.34. The van der Waals surface area contributed by atoms with Crippen molar-refractivity contribution in [1.82, 2.24) is 14.3 Å². The molecule has 7 nitrogen and oxygen atoms in total. The summed E-state index contributed by atoms with van der Waals surface area (Å²) in [5.41, 5.74) is 4.57. The minimum atomic E-state index is -0.550. The summed E-state index contributed by atoms with van der Waals surface area (Å²) in [7, 11) is 1.49. The van der Waals surface area contributed by atoms with Gasteiger partial charge in [-0.1, -0.05) is 23.8 Å². The number of anilines is 1. The molecular weight excluding hydrogens is 368 g/mol. The second kappa shape index (κ2) is 7.87. The molecule has 0 aliphatic carbocycles. The van der Waals surface area contributed by atoms with Crippen LogP contribution in [-0.4, -0.2) is 39.7 Å². The molecule has 1 N–H and O–H groups in total. The zero-order valence-electron chi connectivity index (χ0n) is 17.2. The number of hydrogen-bond donors (Lipinski definition) is 1. The first-order valence-electron chi connectivity index (χ1n) is 9.28. The molecule has 0 unspecified atom stereocenters. The van der Waals surface area contributed by atoms with Gasteiger partial charge in [0.15, 0.2) is 0 Å². The molecule has 3 aromatic rings. The number of amides is 2. The lowest BCUT2D eigenvalue weighted by atomic mass is 10.1. The van der Waals surface area contributed by atoms with Crippen LogP contribution >= 0.6 is 0 Å². The Kier molecular flexibility index (Phi) is 5.50. The number of nitrogens with one attached hydrogen (secondary N) is 1. The third-order valence-electron chi connectivity index (χ3n) is 4.75. The van der Waals surface area contributed by atoms with E-state index in [2.05, 4.69) is 10.3 Å². The maximum Gasteiger partial charge on any atom is 0.270 e. The lowest BCUT2D eigenvalue weighted by molar-refractivity contribution is -0.116. The Morgan fingerprint density at radius 1 is 1.07 bits per heavy atom. The molecule has 7 heteroatoms. The number of carbonyl (C=O) groups is 2. The number of fused-ring (bicyclic) bond motifs is 1. The number of carbonyl (C=O) groups excluding carboxylic acids is 2. The third-order valence-corrected chi connectivity index (χ3v) is 4.75. The lowest BCUT2D eigenvalue weighted by Crippen LogP contribution is -2.38. The summed E-state index contributed by atoms with van der Waals surface area (Å²) in [4.78, 5) is 43.3. The lowest BCUT2D eigenvalue weighted by Gasteiger charge is -2.18. The van der Waals surface area contributed by atoms with Crippen molar-refractivity contribution in [3.05, 3.63) is 74.8 Å². The summed E-state index contributed by atoms with van der Waals surface area (Å²) in [5.74, 6) is -0.883. The molecule has 0 radical (unpaired) electrons. The quantitative estimate of drug-likeness (QED) is 0.740. The van der Waals surface area contributed by atoms with Gasteiger partial charge in [0, 0.05) is 25.1 Å². The van der Waals surface area contributed by atoms with E-state index in [9.17, 15) is 14.4 Å². The topological polar surface area (TPSA) is 83.8 Å². The maximum absolute atomic E-state index is 12.8. The zero-order chi connectivity index (χ0) is 21.3. The van der Waals surface area contributed by atoms with Crippen LogP contribution in [0.5, 0.6) is 0 Å². The maximum atomic E-state index is 12.8. The van der Waals surface area contributed by atoms with Crippen molar-refractivity contribution >= 4 is 23.1 Å². The molecule has 150 valence electrons. The Labute approximate surface area is 169 Å². The number of aryl methyl sites for hydroxylation is 4. The molecule has 2 amide bonds. The largest absolute Gasteiger partial charge is 0.332 e. The van der Waals surface area contributed by atoms with Gasteiger partial charge in [-0.3, -0.25) is 18.8 Å². The first-order valence-corrected chi connectivity index (χ1v) is 9.28. The van der Waals surface area contributed by atoms with Crippen LogP contribution in [0.2, 0.25) is 0 Å². The molecule has 0 saturated heterocycles. The van der Waals surface area contributed by atoms with Crippen molar-refractivity contribution in [2.45, 2.75) is 27.7 Å². The predicted octanol–water partition coefficient (Wildman–Crippen LogP) is 2.64. The van der Waals surface area contributed by atoms with Crippen molar-refractivity contribution in [1.29, 1.82) is 0 Å². The van der Waals surface area contributed by atoms with Gasteiger partial charge in [-0.25, -0.2) is 4.98 Å². The summed E-state index contributed by atoms with van der Waals surface area (Å²) in [6.07, 6.45) is 2.90. The van der Waals surface area contributed by atoms with E-state index in [0.29, 0.717) is 5.65 Å². The molecular formula is C22H24N4O3. The standard InChI is InChI=1S/C22H24N4O3/c1-13-6-7-18-23-10-17(22(29)26(18)11-13)21(28)25(5)12-19(27)24-20-15(3)8-14(2)9-16(20)4/h6-11H,12H2,1-5H3,(H,24,27). The Morgan fingerprint density at radius 3 is 2.38 bits per heavy atom. The number of rotatable bonds is 4. The number of pyridine rings is 1. The first kappa shape index (κ1) is 20.3. The van der Waals surface area contributed by atoms with Gasteiger partial charge in [0.2, 0.25) is 5.91 Å². The van der Waals surface area contributed by atoms with E-state index in [4.69, 9.17) is 0 Å². The molecule has 3 rings (SSSR count). The number of likely N-dealkylation sites (N-methyl/N-ethyl adjacent to an activating group) is 1. The second-order valence-corrected chi connectivity index (χ2v) is 7.39. The molecule has 0 aliphatic heterocycles. The fourth-order valence-electron chi connectivity index (χ4n) is 3.38. The van der Waals surface area contributed by atoms with Crippen LogP contribution in [-0.2, 0) is 4.79 Å². The van der Waals surface area contributed by atoms with Crippen LogP contribution < -0.4 is 10.9 Å². The highest BCUT2D eigenvalue weighted by molar-refractivity contribution is 5.99. The van der Waals surface area contributed by atoms with Crippen molar-refractivity contribution in [3.63, 3.8) is 0 Å². The van der Waals surface area contributed by atoms with Gasteiger partial charge < -0.3 is 10.2 Å². The Balaban J connectivity index is 1.79. The highest BCUT2D eigenvalue weighted by Crippen LogP contribution is 2.21. The minimum Gasteiger partial charge on any atom is -0.332 e. The van der Waals surface area contributed by atoms with Gasteiger partial charge in [-0.15, -0.1) is 0 Å². The Morgan fingerprint density at radius 2 is 1.72 bits per heavy atom. The average molecular weight is 392 g/mol. The van der Waals surface area contributed by atoms with Crippen molar-refractivity contribution < 1.29 is 9.59 Å². The van der Waals surface area contributed by atoms with E-state index in [1.807, 2.05) is 45.9 Å². The smallest absolute Gasteiger partial charge is 0.270 e. The summed E-state index contributed by atoms with van der Waals surface area (Å²) >= 11 is 0. The molecule has 0 spiro atoms. The number of aromatic nitrogens is 2. The summed E-state index contributed by atoms with van der Waals surface area (Å²) in [6.45, 7) is 7.52. The van der Waals surface area contributed by atoms with Gasteiger partial charge in [0.25, 0.3) is 11.5 Å². The Hall–Kier alpha value is -3.48. The normalized spacial score (nSPS) is 10.8. The fraction of sp³-hybridized carbons (Fsp3) is 0.273. The van der Waals surface area contributed by atoms with E-state index < -0.39 is 11.5 Å². The highest BCUT2D eigenvalue weighted by Gasteiger charge is 2.20. The van der Waals surface area contributed by atoms with Crippen molar-refractivity contribution in [3.8, 4) is 0 Å². The average Bonchev–Trinajstić information content (AvgIpc) is 2.65. The van der Waals surface area contributed by atoms with E-state index >= 15 is 0 Å². The Bertz CT molecular complexity index is 1160. The van der Waals surface area contributed by atoms with E-state index in [-0.39, 0.29) is 18.0 Å². The SMILES string of the molecule is Cc1cc(C)c(NC(=O)CN(C)C(=O)c2cnc3ccc(C)cn3c2=O)c(C)c1. The molecule has 1 aromatic carbocycles. The summed E-state index contributed by atoms with van der Waals surface area (Å²) in [6, 6.07) is 7.53. The van der Waals surface area contributed by atoms with Gasteiger partial charge >= 0.3 is 0 Å². The predicted molar refractivity (Wildman–Crippen MR) is 112 cm³/mol. The van der Waals surface area contributed by atoms with Gasteiger partial charge in [0.05, 0.1) is 6.54 Å². The number of nitrogens with zero attached hydrogens (tertiary/aromatic N) is 3. The van der Waals surface area contributed by atoms with Crippen molar-refractivity contribution in [2.75, 3.05) is 18.9 Å². The molecule has 29 heavy (non-hydrogen) atoms. The molecule has 0 bridgehead atoms. The molecule has 0 aliphatic rings. The molecule has 0 saturated carbocycles. The molecule has 0 atom stereocenters. The van der Waals surface area contributed by atoms with Gasteiger partial charge in [0.1, 0.15) is 11.2 Å². The minimum absolute atomic E-state index is 0.0777. The number of benzene rings is 1. The first-order chi connectivity index (χ1) is 13.7. The zero-order valence-corrected chi connectivity index (χ0v) is 17.2. The third kappa shape index (κ3) is 4.18. The summed E-state index contributed by atoms with van der Waals surface area (Å²) in [5, 5.41) is 2.86. The monoisotopic (exact) mass is 392 g/mol. The van der Waals surface area contributed by atoms with Crippen LogP contribution in [0.4, 0.5) is 5.69 Å². The van der Waals surface area contributed by atoms with Crippen molar-refractivity contribution in [2.24, 2.45) is 0 Å². The molecule has 2 heterocycles. The fourth-order valence-corrected chi connectivity index (χ4v) is 3.38. The van der Waals surface area contributed by atoms with Gasteiger partial charge in [-0.2, -0.15) is 0 Å². The van der Waals surface area contributed by atoms with Crippen LogP contribution in [0.1, 0.15) is 32.6 Å². The van der Waals surface area contributed by atoms with E-state index in [1.165, 1.54) is 22.5 Å². The van der Waals surface area contributed by atoms with E-state index in [0.717, 1.165) is 27.9 Å². The van der Waals surface area contributed by atoms with Crippen LogP contribution in [0.15, 0.2) is 41.5 Å². The van der Waals surface area contributed by atoms with Gasteiger partial charge in [-0.05, 0) is 50.5 Å². The second-order valence-electron chi connectivity index (χ2n) is 7.39. The highest BCUT2D eigenvalue weighted by atomic mass is 16.2. The van der Waals surface area contributed by atoms with Crippen LogP contribution in [0.25, 0.3) is 5.65 Å². The number of hydrogen-bond acceptors (Lipinski definition) is 4. The molecule has 2 aromatic heterocycles. The van der Waals surface area contributed by atoms with Crippen LogP contribution in [0, 0.1) is 27.7 Å². The molecule has 0 fully saturated rings. The van der Waals surface area contributed by atoms with Crippen LogP contribution in [0.3, 0.4) is 0 Å². The van der Waals surface area contributed by atoms with E-state index in [1.54, 1.807) is 12.3 Å².